The Bertz CT molecular complexity index is 1330. The Kier molecular flexibility index (Phi) is 5.78. The van der Waals surface area contributed by atoms with Crippen molar-refractivity contribution in [3.8, 4) is 0 Å². The fourth-order valence-corrected chi connectivity index (χ4v) is 5.26. The number of nitrogens with one attached hydrogen (secondary N) is 2. The Balaban J connectivity index is 1.41. The standard InChI is InChI=1S/C24H21ClN4O2S/c25-17-7-5-15(6-8-17)20(29-11-9-21-16(14-29)10-12-32-21)13-26-24(31)22-18-3-1-2-4-19(18)23(30)28-27-22/h1-8,10,12,20H,9,11,13-14H2,(H,26,31)(H,28,30). The normalized spacial score (nSPS) is 14.8. The molecule has 1 unspecified atom stereocenters. The van der Waals surface area contributed by atoms with Crippen molar-refractivity contribution in [3.05, 3.63) is 97.1 Å². The third-order valence-electron chi connectivity index (χ3n) is 5.90. The molecule has 32 heavy (non-hydrogen) atoms. The van der Waals surface area contributed by atoms with Crippen LogP contribution >= 0.6 is 22.9 Å². The van der Waals surface area contributed by atoms with Gasteiger partial charge >= 0.3 is 0 Å². The number of rotatable bonds is 5. The highest BCUT2D eigenvalue weighted by Crippen LogP contribution is 2.30. The number of hydrogen-bond donors (Lipinski definition) is 2. The summed E-state index contributed by atoms with van der Waals surface area (Å²) in [6.07, 6.45) is 0.997. The lowest BCUT2D eigenvalue weighted by Crippen LogP contribution is -2.40. The first-order valence-corrected chi connectivity index (χ1v) is 11.7. The number of hydrogen-bond acceptors (Lipinski definition) is 5. The molecule has 3 heterocycles. The fraction of sp³-hybridized carbons (Fsp3) is 0.208. The second kappa shape index (κ2) is 8.86. The smallest absolute Gasteiger partial charge is 0.272 e. The van der Waals surface area contributed by atoms with Crippen LogP contribution in [0.4, 0.5) is 0 Å². The predicted octanol–water partition coefficient (Wildman–Crippen LogP) is 4.17. The molecule has 6 nitrogen and oxygen atoms in total. The van der Waals surface area contributed by atoms with Gasteiger partial charge in [0.15, 0.2) is 5.69 Å². The van der Waals surface area contributed by atoms with E-state index in [1.807, 2.05) is 24.3 Å². The second-order valence-corrected chi connectivity index (χ2v) is 9.25. The van der Waals surface area contributed by atoms with Crippen LogP contribution in [0.5, 0.6) is 0 Å². The summed E-state index contributed by atoms with van der Waals surface area (Å²) in [7, 11) is 0. The van der Waals surface area contributed by atoms with Crippen molar-refractivity contribution in [1.29, 1.82) is 0 Å². The number of fused-ring (bicyclic) bond motifs is 2. The predicted molar refractivity (Wildman–Crippen MR) is 127 cm³/mol. The molecule has 0 bridgehead atoms. The molecule has 2 aromatic heterocycles. The summed E-state index contributed by atoms with van der Waals surface area (Å²) in [5.41, 5.74) is 2.34. The van der Waals surface area contributed by atoms with Crippen LogP contribution in [0.1, 0.15) is 32.5 Å². The van der Waals surface area contributed by atoms with Crippen molar-refractivity contribution >= 4 is 39.6 Å². The van der Waals surface area contributed by atoms with Crippen LogP contribution in [0.25, 0.3) is 10.8 Å². The summed E-state index contributed by atoms with van der Waals surface area (Å²) in [4.78, 5) is 28.9. The summed E-state index contributed by atoms with van der Waals surface area (Å²) >= 11 is 7.91. The Morgan fingerprint density at radius 3 is 2.75 bits per heavy atom. The number of aromatic amines is 1. The first kappa shape index (κ1) is 20.9. The van der Waals surface area contributed by atoms with Gasteiger partial charge in [0.2, 0.25) is 0 Å². The van der Waals surface area contributed by atoms with Gasteiger partial charge in [0.05, 0.1) is 11.4 Å². The molecule has 1 atom stereocenters. The van der Waals surface area contributed by atoms with Crippen molar-refractivity contribution in [1.82, 2.24) is 20.4 Å². The lowest BCUT2D eigenvalue weighted by molar-refractivity contribution is 0.0924. The van der Waals surface area contributed by atoms with Crippen LogP contribution in [0, 0.1) is 0 Å². The number of benzene rings is 2. The third-order valence-corrected chi connectivity index (χ3v) is 7.17. The van der Waals surface area contributed by atoms with Gasteiger partial charge in [-0.2, -0.15) is 5.10 Å². The minimum Gasteiger partial charge on any atom is -0.349 e. The van der Waals surface area contributed by atoms with Gasteiger partial charge in [0.25, 0.3) is 11.5 Å². The first-order valence-electron chi connectivity index (χ1n) is 10.4. The van der Waals surface area contributed by atoms with Crippen LogP contribution in [-0.2, 0) is 13.0 Å². The summed E-state index contributed by atoms with van der Waals surface area (Å²) in [5.74, 6) is -0.315. The van der Waals surface area contributed by atoms with Gasteiger partial charge in [-0.05, 0) is 47.2 Å². The maximum atomic E-state index is 13.1. The van der Waals surface area contributed by atoms with E-state index < -0.39 is 0 Å². The number of H-pyrrole nitrogens is 1. The number of aromatic nitrogens is 2. The molecule has 4 aromatic rings. The summed E-state index contributed by atoms with van der Waals surface area (Å²) < 4.78 is 0. The van der Waals surface area contributed by atoms with E-state index in [2.05, 4.69) is 31.9 Å². The number of amides is 1. The number of halogens is 1. The van der Waals surface area contributed by atoms with Gasteiger partial charge in [-0.1, -0.05) is 41.9 Å². The van der Waals surface area contributed by atoms with E-state index in [9.17, 15) is 9.59 Å². The molecule has 0 spiro atoms. The van der Waals surface area contributed by atoms with Crippen molar-refractivity contribution in [2.45, 2.75) is 19.0 Å². The molecule has 1 aliphatic heterocycles. The highest BCUT2D eigenvalue weighted by Gasteiger charge is 2.26. The van der Waals surface area contributed by atoms with Crippen LogP contribution in [0.15, 0.2) is 64.8 Å². The molecule has 2 N–H and O–H groups in total. The van der Waals surface area contributed by atoms with Gasteiger partial charge in [0.1, 0.15) is 0 Å². The van der Waals surface area contributed by atoms with Crippen molar-refractivity contribution < 1.29 is 4.79 Å². The van der Waals surface area contributed by atoms with E-state index in [1.54, 1.807) is 35.6 Å². The Labute approximate surface area is 193 Å². The molecule has 0 aliphatic carbocycles. The van der Waals surface area contributed by atoms with Crippen LogP contribution in [0.2, 0.25) is 5.02 Å². The molecule has 1 aliphatic rings. The van der Waals surface area contributed by atoms with Gasteiger partial charge in [-0.15, -0.1) is 11.3 Å². The van der Waals surface area contributed by atoms with Gasteiger partial charge < -0.3 is 5.32 Å². The second-order valence-electron chi connectivity index (χ2n) is 7.81. The fourth-order valence-electron chi connectivity index (χ4n) is 4.24. The summed E-state index contributed by atoms with van der Waals surface area (Å²) in [6, 6.07) is 16.9. The van der Waals surface area contributed by atoms with Crippen LogP contribution < -0.4 is 10.9 Å². The molecule has 162 valence electrons. The quantitative estimate of drug-likeness (QED) is 0.464. The monoisotopic (exact) mass is 464 g/mol. The third kappa shape index (κ3) is 4.07. The zero-order chi connectivity index (χ0) is 22.1. The maximum Gasteiger partial charge on any atom is 0.272 e. The van der Waals surface area contributed by atoms with E-state index in [-0.39, 0.29) is 23.2 Å². The van der Waals surface area contributed by atoms with Gasteiger partial charge in [0, 0.05) is 34.9 Å². The number of thiophene rings is 1. The lowest BCUT2D eigenvalue weighted by atomic mass is 10.0. The van der Waals surface area contributed by atoms with Gasteiger partial charge in [-0.25, -0.2) is 5.10 Å². The van der Waals surface area contributed by atoms with Crippen molar-refractivity contribution in [2.24, 2.45) is 0 Å². The zero-order valence-electron chi connectivity index (χ0n) is 17.2. The minimum atomic E-state index is -0.315. The van der Waals surface area contributed by atoms with Crippen LogP contribution in [0.3, 0.4) is 0 Å². The highest BCUT2D eigenvalue weighted by molar-refractivity contribution is 7.10. The molecule has 2 aromatic carbocycles. The highest BCUT2D eigenvalue weighted by atomic mass is 35.5. The average molecular weight is 465 g/mol. The molecule has 0 saturated heterocycles. The number of carbonyl (C=O) groups excluding carboxylic acids is 1. The van der Waals surface area contributed by atoms with Crippen molar-refractivity contribution in [3.63, 3.8) is 0 Å². The van der Waals surface area contributed by atoms with Gasteiger partial charge in [-0.3, -0.25) is 14.5 Å². The number of nitrogens with zero attached hydrogens (tertiary/aromatic N) is 2. The van der Waals surface area contributed by atoms with E-state index in [4.69, 9.17) is 11.6 Å². The number of carbonyl (C=O) groups is 1. The van der Waals surface area contributed by atoms with E-state index in [1.165, 1.54) is 10.4 Å². The first-order chi connectivity index (χ1) is 15.6. The summed E-state index contributed by atoms with van der Waals surface area (Å²) in [5, 5.41) is 13.3. The molecule has 0 fully saturated rings. The molecular formula is C24H21ClN4O2S. The minimum absolute atomic E-state index is 0.0155. The largest absolute Gasteiger partial charge is 0.349 e. The van der Waals surface area contributed by atoms with E-state index >= 15 is 0 Å². The lowest BCUT2D eigenvalue weighted by Gasteiger charge is -2.35. The molecule has 1 amide bonds. The van der Waals surface area contributed by atoms with Crippen molar-refractivity contribution in [2.75, 3.05) is 13.1 Å². The molecule has 8 heteroatoms. The SMILES string of the molecule is O=C(NCC(c1ccc(Cl)cc1)N1CCc2sccc2C1)c1n[nH]c(=O)c2ccccc12. The molecular weight excluding hydrogens is 444 g/mol. The van der Waals surface area contributed by atoms with Crippen LogP contribution in [-0.4, -0.2) is 34.1 Å². The zero-order valence-corrected chi connectivity index (χ0v) is 18.7. The van der Waals surface area contributed by atoms with E-state index in [0.717, 1.165) is 25.1 Å². The molecule has 0 radical (unpaired) electrons. The Morgan fingerprint density at radius 2 is 1.94 bits per heavy atom. The summed E-state index contributed by atoms with van der Waals surface area (Å²) in [6.45, 7) is 2.16. The topological polar surface area (TPSA) is 78.1 Å². The molecule has 5 rings (SSSR count). The Morgan fingerprint density at radius 1 is 1.16 bits per heavy atom. The maximum absolute atomic E-state index is 13.1. The molecule has 0 saturated carbocycles. The average Bonchev–Trinajstić information content (AvgIpc) is 3.29. The Hall–Kier alpha value is -3.00. The van der Waals surface area contributed by atoms with E-state index in [0.29, 0.717) is 22.3 Å².